The summed E-state index contributed by atoms with van der Waals surface area (Å²) in [5.74, 6) is -0.149. The second kappa shape index (κ2) is 8.11. The van der Waals surface area contributed by atoms with Crippen LogP contribution in [0.2, 0.25) is 0 Å². The average Bonchev–Trinajstić information content (AvgIpc) is 2.89. The first kappa shape index (κ1) is 20.6. The van der Waals surface area contributed by atoms with E-state index in [1.165, 1.54) is 22.3 Å². The molecule has 0 amide bonds. The van der Waals surface area contributed by atoms with Crippen molar-refractivity contribution in [1.82, 2.24) is 0 Å². The van der Waals surface area contributed by atoms with Crippen LogP contribution >= 0.6 is 0 Å². The summed E-state index contributed by atoms with van der Waals surface area (Å²) in [6.07, 6.45) is 0.979. The Labute approximate surface area is 199 Å². The molecule has 6 aromatic carbocycles. The molecule has 0 saturated heterocycles. The Morgan fingerprint density at radius 2 is 1.32 bits per heavy atom. The molecule has 0 nitrogen and oxygen atoms in total. The molecule has 0 saturated carbocycles. The summed E-state index contributed by atoms with van der Waals surface area (Å²) in [5.41, 5.74) is 7.29. The zero-order valence-corrected chi connectivity index (χ0v) is 19.4. The zero-order chi connectivity index (χ0) is 23.2. The predicted molar refractivity (Wildman–Crippen MR) is 144 cm³/mol. The molecule has 0 heterocycles. The molecule has 1 heteroatoms. The average molecular weight is 441 g/mol. The van der Waals surface area contributed by atoms with E-state index < -0.39 is 0 Å². The molecule has 0 aliphatic carbocycles. The van der Waals surface area contributed by atoms with Gasteiger partial charge in [-0.05, 0) is 69.0 Å². The Kier molecular flexibility index (Phi) is 4.92. The molecular weight excluding hydrogens is 415 g/mol. The first-order valence-corrected chi connectivity index (χ1v) is 11.9. The first-order valence-electron chi connectivity index (χ1n) is 11.9. The normalized spacial score (nSPS) is 11.5. The predicted octanol–water partition coefficient (Wildman–Crippen LogP) is 9.49. The van der Waals surface area contributed by atoms with Crippen molar-refractivity contribution in [2.24, 2.45) is 0 Å². The molecule has 0 N–H and O–H groups in total. The third-order valence-corrected chi connectivity index (χ3v) is 7.06. The number of halogens is 1. The van der Waals surface area contributed by atoms with E-state index in [0.717, 1.165) is 39.1 Å². The van der Waals surface area contributed by atoms with Gasteiger partial charge in [0.25, 0.3) is 0 Å². The molecule has 0 aliphatic rings. The lowest BCUT2D eigenvalue weighted by molar-refractivity contribution is 0.651. The maximum Gasteiger partial charge on any atom is 0.138 e. The van der Waals surface area contributed by atoms with E-state index >= 15 is 4.39 Å². The van der Waals surface area contributed by atoms with Gasteiger partial charge in [-0.15, -0.1) is 0 Å². The molecular formula is C33H25F. The number of rotatable bonds is 3. The number of fused-ring (bicyclic) bond motifs is 4. The van der Waals surface area contributed by atoms with Crippen molar-refractivity contribution in [3.8, 4) is 22.3 Å². The van der Waals surface area contributed by atoms with Crippen molar-refractivity contribution >= 4 is 32.3 Å². The standard InChI is InChI=1S/C33H25F/c1-3-22-10-4-6-12-25(22)30-20-24(17-16-21(30)2)31-27-14-8-9-15-28(27)33(34)29-19-18-23-11-5-7-13-26(23)32(29)31/h4-20H,3H2,1-2H3. The highest BCUT2D eigenvalue weighted by molar-refractivity contribution is 6.22. The van der Waals surface area contributed by atoms with Gasteiger partial charge in [0.05, 0.1) is 0 Å². The van der Waals surface area contributed by atoms with Crippen LogP contribution in [0.25, 0.3) is 54.6 Å². The molecule has 6 aromatic rings. The van der Waals surface area contributed by atoms with Gasteiger partial charge in [0.1, 0.15) is 5.82 Å². The summed E-state index contributed by atoms with van der Waals surface area (Å²) in [4.78, 5) is 0. The molecule has 6 rings (SSSR count). The second-order valence-electron chi connectivity index (χ2n) is 8.98. The van der Waals surface area contributed by atoms with Gasteiger partial charge in [0.2, 0.25) is 0 Å². The van der Waals surface area contributed by atoms with Crippen LogP contribution in [-0.2, 0) is 6.42 Å². The van der Waals surface area contributed by atoms with E-state index in [0.29, 0.717) is 10.8 Å². The van der Waals surface area contributed by atoms with E-state index in [4.69, 9.17) is 0 Å². The number of hydrogen-bond donors (Lipinski definition) is 0. The highest BCUT2D eigenvalue weighted by Crippen LogP contribution is 2.43. The Morgan fingerprint density at radius 3 is 2.15 bits per heavy atom. The highest BCUT2D eigenvalue weighted by atomic mass is 19.1. The monoisotopic (exact) mass is 440 g/mol. The van der Waals surface area contributed by atoms with E-state index in [2.05, 4.69) is 74.5 Å². The summed E-state index contributed by atoms with van der Waals surface area (Å²) in [7, 11) is 0. The van der Waals surface area contributed by atoms with Gasteiger partial charge in [-0.2, -0.15) is 0 Å². The third kappa shape index (κ3) is 3.12. The van der Waals surface area contributed by atoms with Crippen molar-refractivity contribution in [1.29, 1.82) is 0 Å². The van der Waals surface area contributed by atoms with Crippen molar-refractivity contribution in [3.63, 3.8) is 0 Å². The fraction of sp³-hybridized carbons (Fsp3) is 0.0909. The van der Waals surface area contributed by atoms with E-state index in [9.17, 15) is 0 Å². The van der Waals surface area contributed by atoms with Crippen molar-refractivity contribution in [2.45, 2.75) is 20.3 Å². The van der Waals surface area contributed by atoms with Gasteiger partial charge in [0, 0.05) is 16.2 Å². The lowest BCUT2D eigenvalue weighted by Crippen LogP contribution is -1.94. The van der Waals surface area contributed by atoms with Crippen molar-refractivity contribution < 1.29 is 4.39 Å². The van der Waals surface area contributed by atoms with Crippen LogP contribution in [0, 0.1) is 12.7 Å². The Bertz CT molecular complexity index is 1710. The van der Waals surface area contributed by atoms with Crippen LogP contribution in [0.1, 0.15) is 18.1 Å². The topological polar surface area (TPSA) is 0 Å². The molecule has 164 valence electrons. The van der Waals surface area contributed by atoms with E-state index in [-0.39, 0.29) is 5.82 Å². The zero-order valence-electron chi connectivity index (χ0n) is 19.4. The maximum atomic E-state index is 15.8. The summed E-state index contributed by atoms with van der Waals surface area (Å²) < 4.78 is 15.8. The molecule has 0 bridgehead atoms. The summed E-state index contributed by atoms with van der Waals surface area (Å²) in [6.45, 7) is 4.37. The SMILES string of the molecule is CCc1ccccc1-c1cc(-c2c3ccccc3c(F)c3ccc4ccccc4c23)ccc1C. The van der Waals surface area contributed by atoms with Gasteiger partial charge < -0.3 is 0 Å². The Balaban J connectivity index is 1.78. The highest BCUT2D eigenvalue weighted by Gasteiger charge is 2.18. The minimum absolute atomic E-state index is 0.149. The van der Waals surface area contributed by atoms with Gasteiger partial charge in [-0.25, -0.2) is 4.39 Å². The lowest BCUT2D eigenvalue weighted by Gasteiger charge is -2.18. The first-order chi connectivity index (χ1) is 16.7. The maximum absolute atomic E-state index is 15.8. The van der Waals surface area contributed by atoms with Crippen LogP contribution in [0.3, 0.4) is 0 Å². The summed E-state index contributed by atoms with van der Waals surface area (Å²) in [5, 5.41) is 5.46. The smallest absolute Gasteiger partial charge is 0.138 e. The molecule has 0 aliphatic heterocycles. The fourth-order valence-electron chi connectivity index (χ4n) is 5.35. The second-order valence-corrected chi connectivity index (χ2v) is 8.98. The minimum Gasteiger partial charge on any atom is -0.206 e. The van der Waals surface area contributed by atoms with E-state index in [1.807, 2.05) is 42.5 Å². The van der Waals surface area contributed by atoms with Gasteiger partial charge >= 0.3 is 0 Å². The van der Waals surface area contributed by atoms with Gasteiger partial charge in [-0.1, -0.05) is 104 Å². The Morgan fingerprint density at radius 1 is 0.618 bits per heavy atom. The van der Waals surface area contributed by atoms with Crippen LogP contribution in [-0.4, -0.2) is 0 Å². The third-order valence-electron chi connectivity index (χ3n) is 7.06. The number of benzene rings is 6. The van der Waals surface area contributed by atoms with Crippen LogP contribution in [0.5, 0.6) is 0 Å². The van der Waals surface area contributed by atoms with Crippen LogP contribution < -0.4 is 0 Å². The van der Waals surface area contributed by atoms with Crippen molar-refractivity contribution in [3.05, 3.63) is 120 Å². The van der Waals surface area contributed by atoms with Gasteiger partial charge in [0.15, 0.2) is 0 Å². The number of aryl methyl sites for hydroxylation is 2. The quantitative estimate of drug-likeness (QED) is 0.190. The van der Waals surface area contributed by atoms with Crippen molar-refractivity contribution in [2.75, 3.05) is 0 Å². The number of hydrogen-bond acceptors (Lipinski definition) is 0. The molecule has 34 heavy (non-hydrogen) atoms. The fourth-order valence-corrected chi connectivity index (χ4v) is 5.35. The van der Waals surface area contributed by atoms with Gasteiger partial charge in [-0.3, -0.25) is 0 Å². The molecule has 0 spiro atoms. The molecule has 0 radical (unpaired) electrons. The molecule has 0 unspecified atom stereocenters. The Hall–Kier alpha value is -3.97. The van der Waals surface area contributed by atoms with E-state index in [1.54, 1.807) is 0 Å². The summed E-state index contributed by atoms with van der Waals surface area (Å²) >= 11 is 0. The minimum atomic E-state index is -0.149. The molecule has 0 aromatic heterocycles. The van der Waals surface area contributed by atoms with Crippen LogP contribution in [0.15, 0.2) is 103 Å². The molecule has 0 atom stereocenters. The molecule has 0 fully saturated rings. The van der Waals surface area contributed by atoms with Crippen LogP contribution in [0.4, 0.5) is 4.39 Å². The lowest BCUT2D eigenvalue weighted by atomic mass is 9.86. The largest absolute Gasteiger partial charge is 0.206 e. The summed E-state index contributed by atoms with van der Waals surface area (Å²) in [6, 6.07) is 35.4.